The lowest BCUT2D eigenvalue weighted by molar-refractivity contribution is 1.00. The second kappa shape index (κ2) is 7.47. The SMILES string of the molecule is CC(C)P(C1=C(c2ccccc2N(C)C)CCC=C1)C(C)C. The molecule has 0 atom stereocenters. The first-order chi connectivity index (χ1) is 10.4. The molecule has 0 spiro atoms. The van der Waals surface area contributed by atoms with Crippen molar-refractivity contribution < 1.29 is 0 Å². The standard InChI is InChI=1S/C20H30NP/c1-15(2)22(16(3)4)20-14-10-8-12-18(20)17-11-7-9-13-19(17)21(5)6/h7,9-11,13-16H,8,12H2,1-6H3. The molecule has 1 aliphatic rings. The topological polar surface area (TPSA) is 3.24 Å². The lowest BCUT2D eigenvalue weighted by atomic mass is 9.95. The highest BCUT2D eigenvalue weighted by Gasteiger charge is 2.25. The van der Waals surface area contributed by atoms with Crippen molar-refractivity contribution in [3.63, 3.8) is 0 Å². The summed E-state index contributed by atoms with van der Waals surface area (Å²) in [6, 6.07) is 8.87. The van der Waals surface area contributed by atoms with Gasteiger partial charge in [-0.15, -0.1) is 0 Å². The van der Waals surface area contributed by atoms with Crippen LogP contribution in [-0.4, -0.2) is 25.4 Å². The summed E-state index contributed by atoms with van der Waals surface area (Å²) in [7, 11) is 4.17. The molecule has 0 aromatic heterocycles. The fourth-order valence-electron chi connectivity index (χ4n) is 3.44. The van der Waals surface area contributed by atoms with Gasteiger partial charge in [0.2, 0.25) is 0 Å². The van der Waals surface area contributed by atoms with Crippen molar-refractivity contribution in [3.8, 4) is 0 Å². The molecule has 1 aliphatic carbocycles. The van der Waals surface area contributed by atoms with Crippen LogP contribution in [0.4, 0.5) is 5.69 Å². The molecule has 22 heavy (non-hydrogen) atoms. The lowest BCUT2D eigenvalue weighted by Crippen LogP contribution is -2.12. The normalized spacial score (nSPS) is 15.3. The Balaban J connectivity index is 2.60. The van der Waals surface area contributed by atoms with Gasteiger partial charge in [-0.1, -0.05) is 66.0 Å². The average molecular weight is 315 g/mol. The first-order valence-electron chi connectivity index (χ1n) is 8.38. The molecule has 1 aromatic rings. The molecule has 0 N–H and O–H groups in total. The molecule has 0 saturated carbocycles. The van der Waals surface area contributed by atoms with E-state index in [0.29, 0.717) is 0 Å². The Morgan fingerprint density at radius 1 is 1.00 bits per heavy atom. The largest absolute Gasteiger partial charge is 0.377 e. The van der Waals surface area contributed by atoms with Crippen LogP contribution in [0.1, 0.15) is 46.1 Å². The molecule has 0 unspecified atom stereocenters. The summed E-state index contributed by atoms with van der Waals surface area (Å²) in [6.07, 6.45) is 7.14. The van der Waals surface area contributed by atoms with Crippen LogP contribution in [0.15, 0.2) is 41.7 Å². The van der Waals surface area contributed by atoms with Gasteiger partial charge in [0.1, 0.15) is 0 Å². The number of anilines is 1. The maximum atomic E-state index is 2.43. The van der Waals surface area contributed by atoms with Crippen molar-refractivity contribution in [2.75, 3.05) is 19.0 Å². The van der Waals surface area contributed by atoms with Crippen molar-refractivity contribution in [3.05, 3.63) is 47.3 Å². The highest BCUT2D eigenvalue weighted by molar-refractivity contribution is 7.64. The number of hydrogen-bond donors (Lipinski definition) is 0. The predicted octanol–water partition coefficient (Wildman–Crippen LogP) is 6.11. The van der Waals surface area contributed by atoms with Gasteiger partial charge in [0, 0.05) is 25.3 Å². The predicted molar refractivity (Wildman–Crippen MR) is 103 cm³/mol. The van der Waals surface area contributed by atoms with Crippen molar-refractivity contribution in [1.82, 2.24) is 0 Å². The summed E-state index contributed by atoms with van der Waals surface area (Å²) in [6.45, 7) is 9.54. The van der Waals surface area contributed by atoms with Gasteiger partial charge in [-0.3, -0.25) is 0 Å². The molecule has 0 radical (unpaired) electrons. The third-order valence-electron chi connectivity index (χ3n) is 4.25. The third-order valence-corrected chi connectivity index (χ3v) is 7.45. The van der Waals surface area contributed by atoms with Crippen molar-refractivity contribution in [2.24, 2.45) is 0 Å². The molecule has 1 nitrogen and oxygen atoms in total. The molecule has 0 amide bonds. The number of hydrogen-bond acceptors (Lipinski definition) is 1. The quantitative estimate of drug-likeness (QED) is 0.592. The number of rotatable bonds is 5. The van der Waals surface area contributed by atoms with Crippen molar-refractivity contribution in [1.29, 1.82) is 0 Å². The first kappa shape index (κ1) is 17.3. The molecule has 0 saturated heterocycles. The van der Waals surface area contributed by atoms with E-state index in [1.807, 2.05) is 0 Å². The Labute approximate surface area is 137 Å². The zero-order valence-corrected chi connectivity index (χ0v) is 15.8. The van der Waals surface area contributed by atoms with Crippen LogP contribution in [0.2, 0.25) is 0 Å². The van der Waals surface area contributed by atoms with Crippen LogP contribution >= 0.6 is 7.92 Å². The summed E-state index contributed by atoms with van der Waals surface area (Å²) in [5.41, 5.74) is 5.82. The molecule has 1 aromatic carbocycles. The van der Waals surface area contributed by atoms with Gasteiger partial charge in [-0.25, -0.2) is 0 Å². The van der Waals surface area contributed by atoms with E-state index in [9.17, 15) is 0 Å². The average Bonchev–Trinajstić information content (AvgIpc) is 2.47. The minimum Gasteiger partial charge on any atom is -0.377 e. The summed E-state index contributed by atoms with van der Waals surface area (Å²) in [5, 5.41) is 1.63. The molecular weight excluding hydrogens is 285 g/mol. The first-order valence-corrected chi connectivity index (χ1v) is 9.86. The molecule has 0 heterocycles. The summed E-state index contributed by atoms with van der Waals surface area (Å²) >= 11 is 0. The van der Waals surface area contributed by atoms with E-state index >= 15 is 0 Å². The van der Waals surface area contributed by atoms with Gasteiger partial charge in [-0.05, 0) is 41.1 Å². The second-order valence-corrected chi connectivity index (χ2v) is 10.2. The highest BCUT2D eigenvalue weighted by Crippen LogP contribution is 2.58. The van der Waals surface area contributed by atoms with Crippen LogP contribution in [0, 0.1) is 0 Å². The second-order valence-electron chi connectivity index (χ2n) is 6.81. The number of allylic oxidation sites excluding steroid dienone is 4. The Kier molecular flexibility index (Phi) is 5.87. The van der Waals surface area contributed by atoms with E-state index in [2.05, 4.69) is 83.1 Å². The van der Waals surface area contributed by atoms with Gasteiger partial charge in [0.15, 0.2) is 0 Å². The molecule has 0 fully saturated rings. The molecule has 2 rings (SSSR count). The maximum absolute atomic E-state index is 2.43. The number of para-hydroxylation sites is 1. The zero-order valence-electron chi connectivity index (χ0n) is 14.9. The highest BCUT2D eigenvalue weighted by atomic mass is 31.1. The van der Waals surface area contributed by atoms with Crippen molar-refractivity contribution >= 4 is 19.2 Å². The van der Waals surface area contributed by atoms with E-state index in [0.717, 1.165) is 11.3 Å². The maximum Gasteiger partial charge on any atom is 0.0437 e. The molecule has 2 heteroatoms. The summed E-state index contributed by atoms with van der Waals surface area (Å²) in [5.74, 6) is 0. The molecule has 120 valence electrons. The number of benzene rings is 1. The van der Waals surface area contributed by atoms with Crippen LogP contribution in [0.5, 0.6) is 0 Å². The van der Waals surface area contributed by atoms with Crippen LogP contribution in [0.3, 0.4) is 0 Å². The minimum atomic E-state index is -0.117. The Morgan fingerprint density at radius 3 is 2.23 bits per heavy atom. The lowest BCUT2D eigenvalue weighted by Gasteiger charge is -2.32. The van der Waals surface area contributed by atoms with Gasteiger partial charge < -0.3 is 4.90 Å². The molecule has 0 bridgehead atoms. The van der Waals surface area contributed by atoms with Crippen LogP contribution < -0.4 is 4.90 Å². The van der Waals surface area contributed by atoms with Gasteiger partial charge >= 0.3 is 0 Å². The van der Waals surface area contributed by atoms with Gasteiger partial charge in [-0.2, -0.15) is 0 Å². The Bertz CT molecular complexity index is 559. The summed E-state index contributed by atoms with van der Waals surface area (Å²) < 4.78 is 0. The van der Waals surface area contributed by atoms with Gasteiger partial charge in [0.05, 0.1) is 0 Å². The van der Waals surface area contributed by atoms with Crippen LogP contribution in [0.25, 0.3) is 5.57 Å². The fraction of sp³-hybridized carbons (Fsp3) is 0.500. The van der Waals surface area contributed by atoms with E-state index < -0.39 is 0 Å². The smallest absolute Gasteiger partial charge is 0.0437 e. The minimum absolute atomic E-state index is 0.117. The van der Waals surface area contributed by atoms with E-state index in [1.54, 1.807) is 10.9 Å². The molecular formula is C20H30NP. The summed E-state index contributed by atoms with van der Waals surface area (Å²) in [4.78, 5) is 2.24. The zero-order chi connectivity index (χ0) is 16.3. The van der Waals surface area contributed by atoms with E-state index in [4.69, 9.17) is 0 Å². The monoisotopic (exact) mass is 315 g/mol. The fourth-order valence-corrected chi connectivity index (χ4v) is 6.56. The van der Waals surface area contributed by atoms with Gasteiger partial charge in [0.25, 0.3) is 0 Å². The van der Waals surface area contributed by atoms with E-state index in [-0.39, 0.29) is 7.92 Å². The van der Waals surface area contributed by atoms with Crippen LogP contribution in [-0.2, 0) is 0 Å². The Morgan fingerprint density at radius 2 is 1.64 bits per heavy atom. The van der Waals surface area contributed by atoms with Crippen molar-refractivity contribution in [2.45, 2.75) is 51.9 Å². The molecule has 0 aliphatic heterocycles. The number of nitrogens with zero attached hydrogens (tertiary/aromatic N) is 1. The Hall–Kier alpha value is -1.07. The third kappa shape index (κ3) is 3.63. The van der Waals surface area contributed by atoms with E-state index in [1.165, 1.54) is 24.1 Å².